The third kappa shape index (κ3) is 12.0. The van der Waals surface area contributed by atoms with E-state index < -0.39 is 5.97 Å². The minimum Gasteiger partial charge on any atom is -0.462 e. The maximum Gasteiger partial charge on any atom is 0.338 e. The lowest BCUT2D eigenvalue weighted by atomic mass is 10.1. The smallest absolute Gasteiger partial charge is 0.338 e. The largest absolute Gasteiger partial charge is 0.462 e. The highest BCUT2D eigenvalue weighted by Crippen LogP contribution is 2.14. The molecule has 1 atom stereocenters. The zero-order valence-electron chi connectivity index (χ0n) is 19.6. The molecular formula is C26H42O4. The van der Waals surface area contributed by atoms with E-state index in [9.17, 15) is 9.59 Å². The van der Waals surface area contributed by atoms with Crippen molar-refractivity contribution in [3.05, 3.63) is 35.4 Å². The van der Waals surface area contributed by atoms with Crippen LogP contribution in [0, 0.1) is 5.92 Å². The molecule has 0 aliphatic rings. The first-order chi connectivity index (χ1) is 14.4. The average molecular weight is 419 g/mol. The van der Waals surface area contributed by atoms with Gasteiger partial charge in [-0.25, -0.2) is 9.59 Å². The maximum atomic E-state index is 12.3. The molecule has 170 valence electrons. The van der Waals surface area contributed by atoms with Gasteiger partial charge in [0.2, 0.25) is 0 Å². The highest BCUT2D eigenvalue weighted by molar-refractivity contribution is 5.95. The molecule has 0 spiro atoms. The SMILES string of the molecule is CCCCCCCCCCCCOC(=O)c1cccc(C(=O)OC(C)CC(C)C)c1. The maximum absolute atomic E-state index is 12.3. The topological polar surface area (TPSA) is 52.6 Å². The van der Waals surface area contributed by atoms with E-state index >= 15 is 0 Å². The predicted octanol–water partition coefficient (Wildman–Crippen LogP) is 7.36. The summed E-state index contributed by atoms with van der Waals surface area (Å²) in [6, 6.07) is 6.60. The minimum absolute atomic E-state index is 0.149. The second kappa shape index (κ2) is 15.9. The number of ether oxygens (including phenoxy) is 2. The van der Waals surface area contributed by atoms with Crippen molar-refractivity contribution in [3.8, 4) is 0 Å². The van der Waals surface area contributed by atoms with Gasteiger partial charge in [-0.1, -0.05) is 84.6 Å². The normalized spacial score (nSPS) is 12.0. The van der Waals surface area contributed by atoms with Crippen LogP contribution in [0.5, 0.6) is 0 Å². The molecule has 0 N–H and O–H groups in total. The van der Waals surface area contributed by atoms with Crippen LogP contribution in [0.3, 0.4) is 0 Å². The Bertz CT molecular complexity index is 609. The Morgan fingerprint density at radius 2 is 1.33 bits per heavy atom. The van der Waals surface area contributed by atoms with E-state index in [1.54, 1.807) is 24.3 Å². The third-order valence-corrected chi connectivity index (χ3v) is 5.18. The highest BCUT2D eigenvalue weighted by atomic mass is 16.5. The predicted molar refractivity (Wildman–Crippen MR) is 123 cm³/mol. The molecule has 0 aromatic heterocycles. The minimum atomic E-state index is -0.396. The van der Waals surface area contributed by atoms with Crippen LogP contribution in [0.1, 0.15) is 119 Å². The molecule has 0 aliphatic carbocycles. The number of unbranched alkanes of at least 4 members (excludes halogenated alkanes) is 9. The Labute approximate surface area is 183 Å². The molecule has 1 unspecified atom stereocenters. The Balaban J connectivity index is 2.25. The standard InChI is InChI=1S/C26H42O4/c1-5-6-7-8-9-10-11-12-13-14-18-29-25(27)23-16-15-17-24(20-23)26(28)30-22(4)19-21(2)3/h15-17,20-22H,5-14,18-19H2,1-4H3. The summed E-state index contributed by atoms with van der Waals surface area (Å²) >= 11 is 0. The van der Waals surface area contributed by atoms with E-state index in [0.717, 1.165) is 19.3 Å². The average Bonchev–Trinajstić information content (AvgIpc) is 2.71. The number of rotatable bonds is 16. The lowest BCUT2D eigenvalue weighted by molar-refractivity contribution is 0.0299. The van der Waals surface area contributed by atoms with Gasteiger partial charge in [-0.3, -0.25) is 0 Å². The van der Waals surface area contributed by atoms with E-state index in [1.165, 1.54) is 51.4 Å². The zero-order chi connectivity index (χ0) is 22.2. The van der Waals surface area contributed by atoms with Crippen molar-refractivity contribution in [2.24, 2.45) is 5.92 Å². The van der Waals surface area contributed by atoms with E-state index in [-0.39, 0.29) is 12.1 Å². The molecule has 4 heteroatoms. The first-order valence-corrected chi connectivity index (χ1v) is 11.9. The van der Waals surface area contributed by atoms with Crippen LogP contribution < -0.4 is 0 Å². The molecular weight excluding hydrogens is 376 g/mol. The Hall–Kier alpha value is -1.84. The fourth-order valence-electron chi connectivity index (χ4n) is 3.57. The van der Waals surface area contributed by atoms with Gasteiger partial charge < -0.3 is 9.47 Å². The molecule has 0 aliphatic heterocycles. The second-order valence-corrected chi connectivity index (χ2v) is 8.74. The fourth-order valence-corrected chi connectivity index (χ4v) is 3.57. The van der Waals surface area contributed by atoms with Gasteiger partial charge in [0, 0.05) is 0 Å². The van der Waals surface area contributed by atoms with E-state index in [0.29, 0.717) is 23.7 Å². The quantitative estimate of drug-likeness (QED) is 0.208. The fraction of sp³-hybridized carbons (Fsp3) is 0.692. The second-order valence-electron chi connectivity index (χ2n) is 8.74. The van der Waals surface area contributed by atoms with Gasteiger partial charge >= 0.3 is 11.9 Å². The van der Waals surface area contributed by atoms with Crippen molar-refractivity contribution in [2.45, 2.75) is 104 Å². The number of esters is 2. The molecule has 0 radical (unpaired) electrons. The lowest BCUT2D eigenvalue weighted by Gasteiger charge is -2.15. The van der Waals surface area contributed by atoms with Crippen molar-refractivity contribution in [1.29, 1.82) is 0 Å². The summed E-state index contributed by atoms with van der Waals surface area (Å²) < 4.78 is 10.8. The van der Waals surface area contributed by atoms with Crippen LogP contribution in [0.25, 0.3) is 0 Å². The highest BCUT2D eigenvalue weighted by Gasteiger charge is 2.15. The first kappa shape index (κ1) is 26.2. The van der Waals surface area contributed by atoms with Crippen molar-refractivity contribution < 1.29 is 19.1 Å². The third-order valence-electron chi connectivity index (χ3n) is 5.18. The monoisotopic (exact) mass is 418 g/mol. The van der Waals surface area contributed by atoms with Gasteiger partial charge in [0.25, 0.3) is 0 Å². The molecule has 1 aromatic rings. The van der Waals surface area contributed by atoms with Gasteiger partial charge in [-0.2, -0.15) is 0 Å². The van der Waals surface area contributed by atoms with Crippen LogP contribution in [0.15, 0.2) is 24.3 Å². The molecule has 0 saturated heterocycles. The van der Waals surface area contributed by atoms with Gasteiger partial charge in [-0.15, -0.1) is 0 Å². The summed E-state index contributed by atoms with van der Waals surface area (Å²) in [5.74, 6) is -0.316. The Morgan fingerprint density at radius 3 is 1.90 bits per heavy atom. The number of hydrogen-bond donors (Lipinski definition) is 0. The first-order valence-electron chi connectivity index (χ1n) is 11.9. The lowest BCUT2D eigenvalue weighted by Crippen LogP contribution is -2.17. The van der Waals surface area contributed by atoms with Crippen LogP contribution in [0.2, 0.25) is 0 Å². The summed E-state index contributed by atoms with van der Waals surface area (Å²) in [6.45, 7) is 8.75. The van der Waals surface area contributed by atoms with Gasteiger partial charge in [0.15, 0.2) is 0 Å². The number of carbonyl (C=O) groups is 2. The molecule has 0 fully saturated rings. The van der Waals surface area contributed by atoms with Gasteiger partial charge in [0.1, 0.15) is 0 Å². The zero-order valence-corrected chi connectivity index (χ0v) is 19.6. The van der Waals surface area contributed by atoms with Crippen molar-refractivity contribution in [1.82, 2.24) is 0 Å². The summed E-state index contributed by atoms with van der Waals surface area (Å²) in [4.78, 5) is 24.6. The van der Waals surface area contributed by atoms with E-state index in [4.69, 9.17) is 9.47 Å². The summed E-state index contributed by atoms with van der Waals surface area (Å²) in [5, 5.41) is 0. The van der Waals surface area contributed by atoms with E-state index in [2.05, 4.69) is 20.8 Å². The summed E-state index contributed by atoms with van der Waals surface area (Å²) in [7, 11) is 0. The van der Waals surface area contributed by atoms with Crippen molar-refractivity contribution >= 4 is 11.9 Å². The molecule has 0 saturated carbocycles. The van der Waals surface area contributed by atoms with Gasteiger partial charge in [-0.05, 0) is 43.9 Å². The van der Waals surface area contributed by atoms with Crippen LogP contribution in [0.4, 0.5) is 0 Å². The molecule has 30 heavy (non-hydrogen) atoms. The molecule has 1 rings (SSSR count). The number of benzene rings is 1. The molecule has 0 bridgehead atoms. The summed E-state index contributed by atoms with van der Waals surface area (Å²) in [6.07, 6.45) is 13.1. The van der Waals surface area contributed by atoms with Crippen molar-refractivity contribution in [2.75, 3.05) is 6.61 Å². The Morgan fingerprint density at radius 1 is 0.800 bits per heavy atom. The van der Waals surface area contributed by atoms with Crippen molar-refractivity contribution in [3.63, 3.8) is 0 Å². The number of carbonyl (C=O) groups excluding carboxylic acids is 2. The molecule has 1 aromatic carbocycles. The van der Waals surface area contributed by atoms with Crippen LogP contribution in [-0.2, 0) is 9.47 Å². The van der Waals surface area contributed by atoms with Crippen LogP contribution in [-0.4, -0.2) is 24.6 Å². The number of hydrogen-bond acceptors (Lipinski definition) is 4. The van der Waals surface area contributed by atoms with Crippen LogP contribution >= 0.6 is 0 Å². The summed E-state index contributed by atoms with van der Waals surface area (Å²) in [5.41, 5.74) is 0.784. The van der Waals surface area contributed by atoms with Gasteiger partial charge in [0.05, 0.1) is 23.8 Å². The van der Waals surface area contributed by atoms with E-state index in [1.807, 2.05) is 6.92 Å². The molecule has 0 amide bonds. The Kier molecular flexibility index (Phi) is 13.9. The molecule has 4 nitrogen and oxygen atoms in total. The molecule has 0 heterocycles.